The number of hydrogen-bond acceptors (Lipinski definition) is 1. The van der Waals surface area contributed by atoms with Gasteiger partial charge in [0.15, 0.2) is 0 Å². The van der Waals surface area contributed by atoms with Gasteiger partial charge >= 0.3 is 6.18 Å². The van der Waals surface area contributed by atoms with E-state index >= 15 is 0 Å². The summed E-state index contributed by atoms with van der Waals surface area (Å²) in [5.41, 5.74) is 0.400. The van der Waals surface area contributed by atoms with Gasteiger partial charge in [-0.15, -0.1) is 0 Å². The Hall–Kier alpha value is -0.770. The van der Waals surface area contributed by atoms with Gasteiger partial charge in [0, 0.05) is 6.54 Å². The second-order valence-electron chi connectivity index (χ2n) is 3.16. The summed E-state index contributed by atoms with van der Waals surface area (Å²) in [7, 11) is 0. The predicted octanol–water partition coefficient (Wildman–Crippen LogP) is 2.41. The molecule has 1 heterocycles. The molecule has 0 bridgehead atoms. The van der Waals surface area contributed by atoms with Crippen molar-refractivity contribution in [1.29, 1.82) is 0 Å². The summed E-state index contributed by atoms with van der Waals surface area (Å²) < 4.78 is 36.7. The minimum atomic E-state index is -4.30. The molecular formula is C9H12F3N. The summed E-state index contributed by atoms with van der Waals surface area (Å²) in [5, 5.41) is 2.90. The van der Waals surface area contributed by atoms with Crippen LogP contribution in [0.5, 0.6) is 0 Å². The Balaban J connectivity index is 2.87. The smallest absolute Gasteiger partial charge is 0.312 e. The van der Waals surface area contributed by atoms with Gasteiger partial charge in [-0.3, -0.25) is 0 Å². The Morgan fingerprint density at radius 1 is 1.46 bits per heavy atom. The van der Waals surface area contributed by atoms with Crippen LogP contribution >= 0.6 is 0 Å². The van der Waals surface area contributed by atoms with E-state index in [0.717, 1.165) is 12.1 Å². The molecule has 0 fully saturated rings. The summed E-state index contributed by atoms with van der Waals surface area (Å²) in [4.78, 5) is 0. The van der Waals surface area contributed by atoms with E-state index in [4.69, 9.17) is 0 Å². The molecule has 0 aliphatic carbocycles. The van der Waals surface area contributed by atoms with Gasteiger partial charge in [0.2, 0.25) is 0 Å². The van der Waals surface area contributed by atoms with Crippen molar-refractivity contribution in [2.45, 2.75) is 19.5 Å². The first-order valence-electron chi connectivity index (χ1n) is 4.08. The highest BCUT2D eigenvalue weighted by atomic mass is 19.4. The summed E-state index contributed by atoms with van der Waals surface area (Å²) in [6.07, 6.45) is -3.62. The fraction of sp³-hybridized carbons (Fsp3) is 0.556. The average Bonchev–Trinajstić information content (AvgIpc) is 2.02. The van der Waals surface area contributed by atoms with Crippen LogP contribution in [0.15, 0.2) is 23.3 Å². The molecule has 74 valence electrons. The van der Waals surface area contributed by atoms with Crippen LogP contribution in [0.25, 0.3) is 0 Å². The molecular weight excluding hydrogens is 179 g/mol. The maximum absolute atomic E-state index is 12.2. The van der Waals surface area contributed by atoms with E-state index in [-0.39, 0.29) is 6.54 Å². The van der Waals surface area contributed by atoms with Gasteiger partial charge in [-0.2, -0.15) is 13.2 Å². The molecule has 0 spiro atoms. The topological polar surface area (TPSA) is 12.0 Å². The number of nitrogens with one attached hydrogen (secondary N) is 1. The lowest BCUT2D eigenvalue weighted by atomic mass is 9.97. The highest BCUT2D eigenvalue weighted by Gasteiger charge is 2.35. The molecule has 1 nitrogen and oxygen atoms in total. The van der Waals surface area contributed by atoms with Crippen molar-refractivity contribution in [3.05, 3.63) is 23.3 Å². The van der Waals surface area contributed by atoms with E-state index in [1.807, 2.05) is 0 Å². The summed E-state index contributed by atoms with van der Waals surface area (Å²) in [5.74, 6) is 0. The zero-order chi connectivity index (χ0) is 10.1. The third-order valence-electron chi connectivity index (χ3n) is 2.20. The van der Waals surface area contributed by atoms with Gasteiger partial charge in [0.25, 0.3) is 0 Å². The zero-order valence-electron chi connectivity index (χ0n) is 7.46. The van der Waals surface area contributed by atoms with Crippen molar-refractivity contribution in [3.8, 4) is 0 Å². The lowest BCUT2D eigenvalue weighted by Crippen LogP contribution is -2.28. The number of halogens is 3. The van der Waals surface area contributed by atoms with Crippen LogP contribution in [0.1, 0.15) is 13.3 Å². The molecule has 0 saturated heterocycles. The molecule has 0 aromatic heterocycles. The molecule has 0 aromatic carbocycles. The highest BCUT2D eigenvalue weighted by Crippen LogP contribution is 2.32. The Bertz CT molecular complexity index is 250. The molecule has 1 rings (SSSR count). The highest BCUT2D eigenvalue weighted by molar-refractivity contribution is 5.38. The van der Waals surface area contributed by atoms with Crippen LogP contribution in [-0.2, 0) is 0 Å². The molecule has 0 atom stereocenters. The molecule has 0 amide bonds. The second kappa shape index (κ2) is 3.54. The predicted molar refractivity (Wildman–Crippen MR) is 45.4 cm³/mol. The Morgan fingerprint density at radius 2 is 2.08 bits per heavy atom. The first-order chi connectivity index (χ1) is 5.93. The van der Waals surface area contributed by atoms with E-state index in [1.165, 1.54) is 0 Å². The van der Waals surface area contributed by atoms with Gasteiger partial charge in [-0.25, -0.2) is 0 Å². The van der Waals surface area contributed by atoms with Gasteiger partial charge in [0.05, 0.1) is 5.57 Å². The van der Waals surface area contributed by atoms with Crippen molar-refractivity contribution >= 4 is 0 Å². The molecule has 0 aromatic rings. The molecule has 0 unspecified atom stereocenters. The maximum Gasteiger partial charge on any atom is 0.416 e. The van der Waals surface area contributed by atoms with Crippen molar-refractivity contribution in [3.63, 3.8) is 0 Å². The van der Waals surface area contributed by atoms with Crippen LogP contribution in [0.4, 0.5) is 13.2 Å². The van der Waals surface area contributed by atoms with E-state index in [9.17, 15) is 13.2 Å². The molecule has 0 radical (unpaired) electrons. The standard InChI is InChI=1S/C9H12F3N/c1-6-3-4-13-5-8(6)7(2)9(10,11)12/h13H,2-5H2,1H3. The average molecular weight is 191 g/mol. The Morgan fingerprint density at radius 3 is 2.54 bits per heavy atom. The van der Waals surface area contributed by atoms with Crippen LogP contribution in [0, 0.1) is 0 Å². The number of hydrogen-bond donors (Lipinski definition) is 1. The van der Waals surface area contributed by atoms with Crippen LogP contribution in [0.3, 0.4) is 0 Å². The Labute approximate surface area is 75.3 Å². The largest absolute Gasteiger partial charge is 0.416 e. The summed E-state index contributed by atoms with van der Waals surface area (Å²) >= 11 is 0. The van der Waals surface area contributed by atoms with Crippen LogP contribution in [0.2, 0.25) is 0 Å². The lowest BCUT2D eigenvalue weighted by molar-refractivity contribution is -0.0892. The third kappa shape index (κ3) is 2.34. The summed E-state index contributed by atoms with van der Waals surface area (Å²) in [6.45, 7) is 5.84. The van der Waals surface area contributed by atoms with Crippen molar-refractivity contribution in [2.24, 2.45) is 0 Å². The van der Waals surface area contributed by atoms with Crippen molar-refractivity contribution in [2.75, 3.05) is 13.1 Å². The SMILES string of the molecule is C=C(C1=C(C)CCNC1)C(F)(F)F. The van der Waals surface area contributed by atoms with Crippen molar-refractivity contribution < 1.29 is 13.2 Å². The Kier molecular flexibility index (Phi) is 2.81. The van der Waals surface area contributed by atoms with Gasteiger partial charge in [-0.1, -0.05) is 12.2 Å². The monoisotopic (exact) mass is 191 g/mol. The fourth-order valence-electron chi connectivity index (χ4n) is 1.33. The van der Waals surface area contributed by atoms with E-state index in [1.54, 1.807) is 6.92 Å². The first-order valence-corrected chi connectivity index (χ1v) is 4.08. The van der Waals surface area contributed by atoms with E-state index in [0.29, 0.717) is 12.0 Å². The molecule has 13 heavy (non-hydrogen) atoms. The minimum Gasteiger partial charge on any atom is -0.312 e. The molecule has 1 N–H and O–H groups in total. The van der Waals surface area contributed by atoms with E-state index < -0.39 is 11.7 Å². The summed E-state index contributed by atoms with van der Waals surface area (Å²) in [6, 6.07) is 0. The normalized spacial score (nSPS) is 19.1. The van der Waals surface area contributed by atoms with E-state index in [2.05, 4.69) is 11.9 Å². The van der Waals surface area contributed by atoms with Gasteiger partial charge in [0.1, 0.15) is 0 Å². The second-order valence-corrected chi connectivity index (χ2v) is 3.16. The molecule has 1 aliphatic heterocycles. The molecule has 1 aliphatic rings. The van der Waals surface area contributed by atoms with Gasteiger partial charge in [-0.05, 0) is 25.5 Å². The first kappa shape index (κ1) is 10.3. The lowest BCUT2D eigenvalue weighted by Gasteiger charge is -2.22. The fourth-order valence-corrected chi connectivity index (χ4v) is 1.33. The maximum atomic E-state index is 12.2. The zero-order valence-corrected chi connectivity index (χ0v) is 7.46. The molecule has 0 saturated carbocycles. The number of alkyl halides is 3. The minimum absolute atomic E-state index is 0.282. The van der Waals surface area contributed by atoms with Crippen LogP contribution in [-0.4, -0.2) is 19.3 Å². The van der Waals surface area contributed by atoms with Crippen LogP contribution < -0.4 is 5.32 Å². The van der Waals surface area contributed by atoms with Crippen molar-refractivity contribution in [1.82, 2.24) is 5.32 Å². The third-order valence-corrected chi connectivity index (χ3v) is 2.20. The van der Waals surface area contributed by atoms with Gasteiger partial charge < -0.3 is 5.32 Å². The molecule has 4 heteroatoms. The number of rotatable bonds is 1. The quantitative estimate of drug-likeness (QED) is 0.671.